The highest BCUT2D eigenvalue weighted by Gasteiger charge is 2.12. The van der Waals surface area contributed by atoms with Crippen LogP contribution in [0.1, 0.15) is 35.5 Å². The standard InChI is InChI=1S/C20H23N5O2/c1-12(2)19(26)23-16-7-5-6-14(8-16)10-22-20(27)15-9-17-13(3)24-25(4)18(17)21-11-15/h5-9,11-12H,10H2,1-4H3,(H,22,27)(H,23,26). The fraction of sp³-hybridized carbons (Fsp3) is 0.300. The van der Waals surface area contributed by atoms with Crippen LogP contribution in [-0.2, 0) is 18.4 Å². The summed E-state index contributed by atoms with van der Waals surface area (Å²) in [6.07, 6.45) is 1.55. The normalized spacial score (nSPS) is 11.0. The number of aryl methyl sites for hydroxylation is 2. The Morgan fingerprint density at radius 2 is 2.00 bits per heavy atom. The van der Waals surface area contributed by atoms with Gasteiger partial charge in [-0.3, -0.25) is 14.3 Å². The highest BCUT2D eigenvalue weighted by Crippen LogP contribution is 2.17. The van der Waals surface area contributed by atoms with E-state index >= 15 is 0 Å². The minimum absolute atomic E-state index is 0.0394. The number of nitrogens with one attached hydrogen (secondary N) is 2. The monoisotopic (exact) mass is 365 g/mol. The molecule has 7 nitrogen and oxygen atoms in total. The van der Waals surface area contributed by atoms with Crippen LogP contribution in [0, 0.1) is 12.8 Å². The van der Waals surface area contributed by atoms with E-state index in [0.717, 1.165) is 28.0 Å². The van der Waals surface area contributed by atoms with Crippen molar-refractivity contribution >= 4 is 28.5 Å². The van der Waals surface area contributed by atoms with E-state index in [9.17, 15) is 9.59 Å². The first kappa shape index (κ1) is 18.6. The zero-order valence-corrected chi connectivity index (χ0v) is 15.9. The van der Waals surface area contributed by atoms with Crippen LogP contribution in [0.2, 0.25) is 0 Å². The van der Waals surface area contributed by atoms with Gasteiger partial charge in [-0.1, -0.05) is 26.0 Å². The molecule has 2 heterocycles. The first-order valence-electron chi connectivity index (χ1n) is 8.82. The van der Waals surface area contributed by atoms with Crippen molar-refractivity contribution in [2.75, 3.05) is 5.32 Å². The SMILES string of the molecule is Cc1nn(C)c2ncc(C(=O)NCc3cccc(NC(=O)C(C)C)c3)cc12. The first-order valence-corrected chi connectivity index (χ1v) is 8.82. The molecule has 0 unspecified atom stereocenters. The van der Waals surface area contributed by atoms with Crippen molar-refractivity contribution in [2.45, 2.75) is 27.3 Å². The molecular formula is C20H23N5O2. The molecule has 0 saturated carbocycles. The molecule has 0 spiro atoms. The van der Waals surface area contributed by atoms with E-state index < -0.39 is 0 Å². The number of rotatable bonds is 5. The van der Waals surface area contributed by atoms with Gasteiger partial charge < -0.3 is 10.6 Å². The van der Waals surface area contributed by atoms with Gasteiger partial charge >= 0.3 is 0 Å². The molecule has 0 aliphatic rings. The lowest BCUT2D eigenvalue weighted by atomic mass is 10.1. The highest BCUT2D eigenvalue weighted by molar-refractivity contribution is 5.97. The molecule has 7 heteroatoms. The molecule has 1 aromatic carbocycles. The molecule has 2 amide bonds. The number of pyridine rings is 1. The topological polar surface area (TPSA) is 88.9 Å². The number of anilines is 1. The fourth-order valence-corrected chi connectivity index (χ4v) is 2.76. The second-order valence-corrected chi connectivity index (χ2v) is 6.83. The lowest BCUT2D eigenvalue weighted by Crippen LogP contribution is -2.23. The van der Waals surface area contributed by atoms with E-state index in [4.69, 9.17) is 0 Å². The molecule has 2 N–H and O–H groups in total. The smallest absolute Gasteiger partial charge is 0.253 e. The van der Waals surface area contributed by atoms with Crippen molar-refractivity contribution in [3.63, 3.8) is 0 Å². The third-order valence-electron chi connectivity index (χ3n) is 4.30. The van der Waals surface area contributed by atoms with Crippen LogP contribution in [0.25, 0.3) is 11.0 Å². The molecule has 2 aromatic heterocycles. The van der Waals surface area contributed by atoms with E-state index in [1.807, 2.05) is 52.1 Å². The number of carbonyl (C=O) groups is 2. The second-order valence-electron chi connectivity index (χ2n) is 6.83. The summed E-state index contributed by atoms with van der Waals surface area (Å²) in [7, 11) is 1.83. The van der Waals surface area contributed by atoms with Crippen LogP contribution in [0.3, 0.4) is 0 Å². The minimum atomic E-state index is -0.204. The van der Waals surface area contributed by atoms with Gasteiger partial charge in [-0.25, -0.2) is 4.98 Å². The maximum atomic E-state index is 12.5. The molecule has 0 radical (unpaired) electrons. The summed E-state index contributed by atoms with van der Waals surface area (Å²) in [5.41, 5.74) is 3.69. The molecule has 0 fully saturated rings. The number of carbonyl (C=O) groups excluding carboxylic acids is 2. The maximum Gasteiger partial charge on any atom is 0.253 e. The summed E-state index contributed by atoms with van der Waals surface area (Å²) in [6, 6.07) is 9.24. The Morgan fingerprint density at radius 3 is 2.74 bits per heavy atom. The number of amides is 2. The van der Waals surface area contributed by atoms with Gasteiger partial charge in [0.15, 0.2) is 5.65 Å². The fourth-order valence-electron chi connectivity index (χ4n) is 2.76. The van der Waals surface area contributed by atoms with Crippen molar-refractivity contribution in [1.82, 2.24) is 20.1 Å². The molecule has 3 rings (SSSR count). The molecule has 0 aliphatic carbocycles. The van der Waals surface area contributed by atoms with Gasteiger partial charge in [0.2, 0.25) is 5.91 Å². The Hall–Kier alpha value is -3.22. The summed E-state index contributed by atoms with van der Waals surface area (Å²) in [5.74, 6) is -0.335. The van der Waals surface area contributed by atoms with Crippen LogP contribution in [0.15, 0.2) is 36.5 Å². The van der Waals surface area contributed by atoms with Gasteiger partial charge in [0, 0.05) is 36.8 Å². The first-order chi connectivity index (χ1) is 12.8. The third-order valence-corrected chi connectivity index (χ3v) is 4.30. The maximum absolute atomic E-state index is 12.5. The third kappa shape index (κ3) is 4.13. The lowest BCUT2D eigenvalue weighted by molar-refractivity contribution is -0.118. The van der Waals surface area contributed by atoms with Gasteiger partial charge in [-0.15, -0.1) is 0 Å². The number of hydrogen-bond donors (Lipinski definition) is 2. The highest BCUT2D eigenvalue weighted by atomic mass is 16.2. The summed E-state index contributed by atoms with van der Waals surface area (Å²) < 4.78 is 1.70. The number of hydrogen-bond acceptors (Lipinski definition) is 4. The Labute approximate surface area is 157 Å². The molecule has 3 aromatic rings. The molecule has 0 aliphatic heterocycles. The summed E-state index contributed by atoms with van der Waals surface area (Å²) in [5, 5.41) is 10.9. The summed E-state index contributed by atoms with van der Waals surface area (Å²) in [6.45, 7) is 5.93. The Morgan fingerprint density at radius 1 is 1.22 bits per heavy atom. The number of benzene rings is 1. The Bertz CT molecular complexity index is 1010. The van der Waals surface area contributed by atoms with Crippen LogP contribution in [0.4, 0.5) is 5.69 Å². The zero-order valence-electron chi connectivity index (χ0n) is 15.9. The van der Waals surface area contributed by atoms with Gasteiger partial charge in [-0.2, -0.15) is 5.10 Å². The Balaban J connectivity index is 1.69. The average Bonchev–Trinajstić information content (AvgIpc) is 2.93. The summed E-state index contributed by atoms with van der Waals surface area (Å²) >= 11 is 0. The lowest BCUT2D eigenvalue weighted by Gasteiger charge is -2.10. The second kappa shape index (κ2) is 7.57. The summed E-state index contributed by atoms with van der Waals surface area (Å²) in [4.78, 5) is 28.6. The molecule has 27 heavy (non-hydrogen) atoms. The van der Waals surface area contributed by atoms with Gasteiger partial charge in [0.1, 0.15) is 0 Å². The minimum Gasteiger partial charge on any atom is -0.348 e. The number of nitrogens with zero attached hydrogens (tertiary/aromatic N) is 3. The van der Waals surface area contributed by atoms with Crippen molar-refractivity contribution in [3.8, 4) is 0 Å². The van der Waals surface area contributed by atoms with Crippen molar-refractivity contribution in [1.29, 1.82) is 0 Å². The molecule has 140 valence electrons. The quantitative estimate of drug-likeness (QED) is 0.728. The van der Waals surface area contributed by atoms with E-state index in [1.165, 1.54) is 0 Å². The van der Waals surface area contributed by atoms with Crippen molar-refractivity contribution in [3.05, 3.63) is 53.3 Å². The van der Waals surface area contributed by atoms with Crippen molar-refractivity contribution in [2.24, 2.45) is 13.0 Å². The van der Waals surface area contributed by atoms with Gasteiger partial charge in [0.05, 0.1) is 11.3 Å². The van der Waals surface area contributed by atoms with E-state index in [2.05, 4.69) is 20.7 Å². The van der Waals surface area contributed by atoms with Crippen LogP contribution < -0.4 is 10.6 Å². The number of fused-ring (bicyclic) bond motifs is 1. The predicted molar refractivity (Wildman–Crippen MR) is 104 cm³/mol. The molecule has 0 bridgehead atoms. The average molecular weight is 365 g/mol. The molecule has 0 saturated heterocycles. The molecular weight excluding hydrogens is 342 g/mol. The van der Waals surface area contributed by atoms with Crippen LogP contribution >= 0.6 is 0 Å². The number of aromatic nitrogens is 3. The van der Waals surface area contributed by atoms with E-state index in [0.29, 0.717) is 12.1 Å². The van der Waals surface area contributed by atoms with Crippen LogP contribution in [-0.4, -0.2) is 26.6 Å². The van der Waals surface area contributed by atoms with Gasteiger partial charge in [0.25, 0.3) is 5.91 Å². The van der Waals surface area contributed by atoms with E-state index in [-0.39, 0.29) is 17.7 Å². The van der Waals surface area contributed by atoms with Crippen molar-refractivity contribution < 1.29 is 9.59 Å². The largest absolute Gasteiger partial charge is 0.348 e. The van der Waals surface area contributed by atoms with Crippen LogP contribution in [0.5, 0.6) is 0 Å². The zero-order chi connectivity index (χ0) is 19.6. The molecule has 0 atom stereocenters. The van der Waals surface area contributed by atoms with Gasteiger partial charge in [-0.05, 0) is 30.7 Å². The predicted octanol–water partition coefficient (Wildman–Crippen LogP) is 2.80. The van der Waals surface area contributed by atoms with E-state index in [1.54, 1.807) is 16.9 Å². The Kier molecular flexibility index (Phi) is 5.21.